The molecule has 0 spiro atoms. The topological polar surface area (TPSA) is 56.2 Å². The second-order valence-corrected chi connectivity index (χ2v) is 6.61. The van der Waals surface area contributed by atoms with Gasteiger partial charge in [0.25, 0.3) is 5.91 Å². The van der Waals surface area contributed by atoms with E-state index in [2.05, 4.69) is 10.4 Å². The predicted octanol–water partition coefficient (Wildman–Crippen LogP) is 5.12. The molecule has 1 heterocycles. The first kappa shape index (κ1) is 20.2. The van der Waals surface area contributed by atoms with Crippen molar-refractivity contribution in [3.8, 4) is 11.4 Å². The van der Waals surface area contributed by atoms with Crippen LogP contribution in [0.2, 0.25) is 0 Å². The number of hydrogen-bond acceptors (Lipinski definition) is 3. The van der Waals surface area contributed by atoms with Crippen LogP contribution >= 0.6 is 0 Å². The SMILES string of the molecule is O=C(Nc1ccccc1F)c1nn(-c2ccc(F)cc2)cc1OCc1ccc(F)cc1. The Kier molecular flexibility index (Phi) is 5.70. The second kappa shape index (κ2) is 8.74. The molecule has 4 rings (SSSR count). The molecule has 1 amide bonds. The number of anilines is 1. The Labute approximate surface area is 175 Å². The van der Waals surface area contributed by atoms with Crippen LogP contribution < -0.4 is 10.1 Å². The van der Waals surface area contributed by atoms with Gasteiger partial charge in [-0.3, -0.25) is 4.79 Å². The van der Waals surface area contributed by atoms with Crippen LogP contribution in [-0.2, 0) is 6.61 Å². The minimum Gasteiger partial charge on any atom is -0.485 e. The molecule has 0 bridgehead atoms. The molecule has 0 radical (unpaired) electrons. The summed E-state index contributed by atoms with van der Waals surface area (Å²) in [5.41, 5.74) is 1.08. The number of amides is 1. The molecule has 4 aromatic rings. The van der Waals surface area contributed by atoms with Crippen LogP contribution in [0.15, 0.2) is 79.0 Å². The summed E-state index contributed by atoms with van der Waals surface area (Å²) in [7, 11) is 0. The average Bonchev–Trinajstić information content (AvgIpc) is 3.20. The Morgan fingerprint density at radius 1 is 0.903 bits per heavy atom. The number of nitrogens with one attached hydrogen (secondary N) is 1. The molecule has 31 heavy (non-hydrogen) atoms. The standard InChI is InChI=1S/C23H16F3N3O2/c24-16-7-5-15(6-8-16)14-31-21-13-29(18-11-9-17(25)10-12-18)28-22(21)23(30)27-20-4-2-1-3-19(20)26/h1-13H,14H2,(H,27,30). The molecule has 0 saturated heterocycles. The van der Waals surface area contributed by atoms with Gasteiger partial charge in [0.15, 0.2) is 11.4 Å². The van der Waals surface area contributed by atoms with Crippen LogP contribution in [0.4, 0.5) is 18.9 Å². The summed E-state index contributed by atoms with van der Waals surface area (Å²) in [5, 5.41) is 6.70. The largest absolute Gasteiger partial charge is 0.485 e. The fourth-order valence-corrected chi connectivity index (χ4v) is 2.83. The third-order valence-electron chi connectivity index (χ3n) is 4.42. The summed E-state index contributed by atoms with van der Waals surface area (Å²) in [6, 6.07) is 16.9. The Morgan fingerprint density at radius 2 is 1.55 bits per heavy atom. The van der Waals surface area contributed by atoms with Crippen molar-refractivity contribution in [3.63, 3.8) is 0 Å². The molecule has 0 saturated carbocycles. The lowest BCUT2D eigenvalue weighted by molar-refractivity contribution is 0.101. The number of rotatable bonds is 6. The van der Waals surface area contributed by atoms with Crippen molar-refractivity contribution in [1.29, 1.82) is 0 Å². The minimum atomic E-state index is -0.680. The highest BCUT2D eigenvalue weighted by molar-refractivity contribution is 6.04. The number of halogens is 3. The van der Waals surface area contributed by atoms with Crippen LogP contribution in [0.3, 0.4) is 0 Å². The van der Waals surface area contributed by atoms with Crippen LogP contribution in [0.1, 0.15) is 16.1 Å². The van der Waals surface area contributed by atoms with Gasteiger partial charge in [0, 0.05) is 0 Å². The highest BCUT2D eigenvalue weighted by atomic mass is 19.1. The molecule has 0 unspecified atom stereocenters. The first-order valence-electron chi connectivity index (χ1n) is 9.28. The van der Waals surface area contributed by atoms with Crippen molar-refractivity contribution in [3.05, 3.63) is 108 Å². The Balaban J connectivity index is 1.63. The zero-order chi connectivity index (χ0) is 21.8. The maximum Gasteiger partial charge on any atom is 0.280 e. The average molecular weight is 423 g/mol. The molecular weight excluding hydrogens is 407 g/mol. The molecule has 0 aliphatic rings. The van der Waals surface area contributed by atoms with E-state index in [1.165, 1.54) is 65.5 Å². The van der Waals surface area contributed by atoms with Crippen LogP contribution in [0.25, 0.3) is 5.69 Å². The summed E-state index contributed by atoms with van der Waals surface area (Å²) in [4.78, 5) is 12.8. The third-order valence-corrected chi connectivity index (χ3v) is 4.42. The number of ether oxygens (including phenoxy) is 1. The molecule has 0 aliphatic carbocycles. The number of para-hydroxylation sites is 1. The van der Waals surface area contributed by atoms with Gasteiger partial charge in [-0.15, -0.1) is 0 Å². The molecular formula is C23H16F3N3O2. The van der Waals surface area contributed by atoms with Gasteiger partial charge in [-0.25, -0.2) is 17.9 Å². The van der Waals surface area contributed by atoms with Crippen molar-refractivity contribution >= 4 is 11.6 Å². The van der Waals surface area contributed by atoms with E-state index >= 15 is 0 Å². The molecule has 5 nitrogen and oxygen atoms in total. The normalized spacial score (nSPS) is 10.7. The maximum atomic E-state index is 13.9. The van der Waals surface area contributed by atoms with E-state index in [4.69, 9.17) is 4.74 Å². The number of hydrogen-bond donors (Lipinski definition) is 1. The van der Waals surface area contributed by atoms with E-state index < -0.39 is 17.5 Å². The Bertz CT molecular complexity index is 1210. The van der Waals surface area contributed by atoms with E-state index in [0.29, 0.717) is 11.3 Å². The van der Waals surface area contributed by atoms with Crippen LogP contribution in [0, 0.1) is 17.5 Å². The van der Waals surface area contributed by atoms with Crippen molar-refractivity contribution in [2.75, 3.05) is 5.32 Å². The van der Waals surface area contributed by atoms with Gasteiger partial charge in [-0.2, -0.15) is 5.10 Å². The van der Waals surface area contributed by atoms with E-state index in [0.717, 1.165) is 0 Å². The molecule has 3 aromatic carbocycles. The predicted molar refractivity (Wildman–Crippen MR) is 109 cm³/mol. The fourth-order valence-electron chi connectivity index (χ4n) is 2.83. The smallest absolute Gasteiger partial charge is 0.280 e. The quantitative estimate of drug-likeness (QED) is 0.468. The molecule has 1 N–H and O–H groups in total. The zero-order valence-corrected chi connectivity index (χ0v) is 16.1. The molecule has 156 valence electrons. The lowest BCUT2D eigenvalue weighted by Gasteiger charge is -2.07. The summed E-state index contributed by atoms with van der Waals surface area (Å²) >= 11 is 0. The number of benzene rings is 3. The Hall–Kier alpha value is -4.07. The van der Waals surface area contributed by atoms with Gasteiger partial charge in [0.05, 0.1) is 17.6 Å². The van der Waals surface area contributed by atoms with Crippen LogP contribution in [-0.4, -0.2) is 15.7 Å². The summed E-state index contributed by atoms with van der Waals surface area (Å²) in [6.07, 6.45) is 1.47. The second-order valence-electron chi connectivity index (χ2n) is 6.61. The summed E-state index contributed by atoms with van der Waals surface area (Å²) in [5.74, 6) is -1.94. The molecule has 0 fully saturated rings. The summed E-state index contributed by atoms with van der Waals surface area (Å²) in [6.45, 7) is 0.0510. The first-order valence-corrected chi connectivity index (χ1v) is 9.28. The van der Waals surface area contributed by atoms with Gasteiger partial charge in [0.2, 0.25) is 0 Å². The molecule has 1 aromatic heterocycles. The highest BCUT2D eigenvalue weighted by Gasteiger charge is 2.20. The molecule has 0 atom stereocenters. The minimum absolute atomic E-state index is 0.00619. The highest BCUT2D eigenvalue weighted by Crippen LogP contribution is 2.23. The number of carbonyl (C=O) groups is 1. The van der Waals surface area contributed by atoms with E-state index in [-0.39, 0.29) is 29.6 Å². The van der Waals surface area contributed by atoms with Crippen LogP contribution in [0.5, 0.6) is 5.75 Å². The van der Waals surface area contributed by atoms with Gasteiger partial charge < -0.3 is 10.1 Å². The molecule has 8 heteroatoms. The zero-order valence-electron chi connectivity index (χ0n) is 16.1. The lowest BCUT2D eigenvalue weighted by atomic mass is 10.2. The van der Waals surface area contributed by atoms with E-state index in [1.807, 2.05) is 0 Å². The third kappa shape index (κ3) is 4.75. The van der Waals surface area contributed by atoms with E-state index in [9.17, 15) is 18.0 Å². The fraction of sp³-hybridized carbons (Fsp3) is 0.0435. The van der Waals surface area contributed by atoms with E-state index in [1.54, 1.807) is 18.2 Å². The maximum absolute atomic E-state index is 13.9. The summed E-state index contributed by atoms with van der Waals surface area (Å²) < 4.78 is 47.4. The number of nitrogens with zero attached hydrogens (tertiary/aromatic N) is 2. The van der Waals surface area contributed by atoms with Gasteiger partial charge >= 0.3 is 0 Å². The van der Waals surface area contributed by atoms with Gasteiger partial charge in [-0.1, -0.05) is 24.3 Å². The Morgan fingerprint density at radius 3 is 2.23 bits per heavy atom. The van der Waals surface area contributed by atoms with Crippen molar-refractivity contribution in [2.45, 2.75) is 6.61 Å². The van der Waals surface area contributed by atoms with Crippen molar-refractivity contribution in [2.24, 2.45) is 0 Å². The molecule has 0 aliphatic heterocycles. The number of aromatic nitrogens is 2. The number of carbonyl (C=O) groups excluding carboxylic acids is 1. The van der Waals surface area contributed by atoms with Crippen molar-refractivity contribution < 1.29 is 22.7 Å². The van der Waals surface area contributed by atoms with Gasteiger partial charge in [0.1, 0.15) is 24.1 Å². The first-order chi connectivity index (χ1) is 15.0. The lowest BCUT2D eigenvalue weighted by Crippen LogP contribution is -2.15. The van der Waals surface area contributed by atoms with Crippen molar-refractivity contribution in [1.82, 2.24) is 9.78 Å². The van der Waals surface area contributed by atoms with Gasteiger partial charge in [-0.05, 0) is 54.1 Å². The monoisotopic (exact) mass is 423 g/mol.